The number of rotatable bonds is 7. The quantitative estimate of drug-likeness (QED) is 0.556. The molecule has 0 aromatic heterocycles. The molecule has 0 unspecified atom stereocenters. The molecule has 0 spiro atoms. The van der Waals surface area contributed by atoms with Crippen LogP contribution in [0.1, 0.15) is 36.0 Å². The molecule has 1 amide bonds. The van der Waals surface area contributed by atoms with Gasteiger partial charge in [-0.3, -0.25) is 4.79 Å². The predicted molar refractivity (Wildman–Crippen MR) is 133 cm³/mol. The van der Waals surface area contributed by atoms with E-state index in [4.69, 9.17) is 0 Å². The molecule has 0 aliphatic carbocycles. The third-order valence-electron chi connectivity index (χ3n) is 6.46. The van der Waals surface area contributed by atoms with E-state index in [0.717, 1.165) is 55.1 Å². The Labute approximate surface area is 191 Å². The Bertz CT molecular complexity index is 972. The average molecular weight is 428 g/mol. The van der Waals surface area contributed by atoms with Crippen LogP contribution in [0, 0.1) is 6.92 Å². The van der Waals surface area contributed by atoms with Gasteiger partial charge in [-0.2, -0.15) is 0 Å². The van der Waals surface area contributed by atoms with E-state index in [9.17, 15) is 4.79 Å². The Kier molecular flexibility index (Phi) is 7.23. The Hall–Kier alpha value is -3.11. The van der Waals surface area contributed by atoms with E-state index in [1.54, 1.807) is 0 Å². The molecule has 0 radical (unpaired) electrons. The Morgan fingerprint density at radius 1 is 0.875 bits per heavy atom. The van der Waals surface area contributed by atoms with Crippen molar-refractivity contribution in [1.29, 1.82) is 0 Å². The number of nitrogens with zero attached hydrogens (tertiary/aromatic N) is 2. The first-order valence-electron chi connectivity index (χ1n) is 11.6. The molecule has 0 saturated carbocycles. The first-order valence-corrected chi connectivity index (χ1v) is 11.6. The zero-order valence-corrected chi connectivity index (χ0v) is 19.1. The van der Waals surface area contributed by atoms with Gasteiger partial charge >= 0.3 is 0 Å². The summed E-state index contributed by atoms with van der Waals surface area (Å²) in [5, 5.41) is 3.16. The lowest BCUT2D eigenvalue weighted by Crippen LogP contribution is -2.46. The molecule has 0 atom stereocenters. The van der Waals surface area contributed by atoms with E-state index < -0.39 is 0 Å². The molecule has 4 nitrogen and oxygen atoms in total. The Morgan fingerprint density at radius 3 is 2.00 bits per heavy atom. The lowest BCUT2D eigenvalue weighted by molar-refractivity contribution is -0.116. The third kappa shape index (κ3) is 5.38. The van der Waals surface area contributed by atoms with Crippen molar-refractivity contribution >= 4 is 17.3 Å². The van der Waals surface area contributed by atoms with Gasteiger partial charge in [-0.1, -0.05) is 67.6 Å². The van der Waals surface area contributed by atoms with Gasteiger partial charge in [0.1, 0.15) is 0 Å². The van der Waals surface area contributed by atoms with Gasteiger partial charge in [-0.15, -0.1) is 0 Å². The largest absolute Gasteiger partial charge is 0.369 e. The highest BCUT2D eigenvalue weighted by atomic mass is 16.1. The van der Waals surface area contributed by atoms with Gasteiger partial charge in [0.15, 0.2) is 0 Å². The van der Waals surface area contributed by atoms with Crippen molar-refractivity contribution < 1.29 is 4.79 Å². The summed E-state index contributed by atoms with van der Waals surface area (Å²) in [6.45, 7) is 9.72. The molecule has 1 heterocycles. The zero-order valence-electron chi connectivity index (χ0n) is 19.1. The molecular formula is C28H33N3O. The fourth-order valence-electron chi connectivity index (χ4n) is 4.49. The van der Waals surface area contributed by atoms with E-state index in [1.165, 1.54) is 5.69 Å². The van der Waals surface area contributed by atoms with E-state index in [0.29, 0.717) is 6.42 Å². The van der Waals surface area contributed by atoms with Crippen LogP contribution in [-0.4, -0.2) is 43.5 Å². The second-order valence-corrected chi connectivity index (χ2v) is 8.55. The van der Waals surface area contributed by atoms with Gasteiger partial charge in [0.05, 0.1) is 0 Å². The minimum atomic E-state index is 0.0341. The second kappa shape index (κ2) is 10.5. The van der Waals surface area contributed by atoms with Gasteiger partial charge in [0, 0.05) is 49.9 Å². The van der Waals surface area contributed by atoms with Crippen LogP contribution in [0.2, 0.25) is 0 Å². The maximum absolute atomic E-state index is 13.1. The van der Waals surface area contributed by atoms with Crippen molar-refractivity contribution in [2.45, 2.75) is 26.2 Å². The fourth-order valence-corrected chi connectivity index (χ4v) is 4.49. The SMILES string of the molecule is CCN1CCN(c2ccc(NC(=O)CC(c3ccccc3)c3ccccc3)c(C)c2)CC1. The molecule has 4 rings (SSSR count). The summed E-state index contributed by atoms with van der Waals surface area (Å²) in [6.07, 6.45) is 0.411. The molecule has 1 aliphatic rings. The van der Waals surface area contributed by atoms with Gasteiger partial charge in [0.25, 0.3) is 0 Å². The van der Waals surface area contributed by atoms with Gasteiger partial charge < -0.3 is 15.1 Å². The number of piperazine rings is 1. The maximum atomic E-state index is 13.1. The number of amides is 1. The summed E-state index contributed by atoms with van der Waals surface area (Å²) in [5.41, 5.74) is 5.55. The van der Waals surface area contributed by atoms with Crippen molar-refractivity contribution in [3.63, 3.8) is 0 Å². The zero-order chi connectivity index (χ0) is 22.3. The third-order valence-corrected chi connectivity index (χ3v) is 6.46. The number of benzene rings is 3. The Balaban J connectivity index is 1.45. The van der Waals surface area contributed by atoms with Crippen LogP contribution in [0.3, 0.4) is 0 Å². The van der Waals surface area contributed by atoms with Crippen molar-refractivity contribution in [2.75, 3.05) is 42.9 Å². The highest BCUT2D eigenvalue weighted by Crippen LogP contribution is 2.29. The summed E-state index contributed by atoms with van der Waals surface area (Å²) in [5.74, 6) is 0.0713. The summed E-state index contributed by atoms with van der Waals surface area (Å²) in [4.78, 5) is 18.0. The normalized spacial score (nSPS) is 14.5. The van der Waals surface area contributed by atoms with Crippen molar-refractivity contribution in [3.05, 3.63) is 95.6 Å². The van der Waals surface area contributed by atoms with Crippen LogP contribution in [-0.2, 0) is 4.79 Å². The van der Waals surface area contributed by atoms with Crippen LogP contribution in [0.15, 0.2) is 78.9 Å². The monoisotopic (exact) mass is 427 g/mol. The van der Waals surface area contributed by atoms with E-state index in [1.807, 2.05) is 36.4 Å². The van der Waals surface area contributed by atoms with Crippen molar-refractivity contribution in [1.82, 2.24) is 4.90 Å². The average Bonchev–Trinajstić information content (AvgIpc) is 2.85. The lowest BCUT2D eigenvalue weighted by Gasteiger charge is -2.35. The predicted octanol–water partition coefficient (Wildman–Crippen LogP) is 5.30. The van der Waals surface area contributed by atoms with Crippen molar-refractivity contribution in [3.8, 4) is 0 Å². The van der Waals surface area contributed by atoms with Crippen LogP contribution in [0.25, 0.3) is 0 Å². The lowest BCUT2D eigenvalue weighted by atomic mass is 9.88. The number of likely N-dealkylation sites (N-methyl/N-ethyl adjacent to an activating group) is 1. The number of hydrogen-bond donors (Lipinski definition) is 1. The van der Waals surface area contributed by atoms with Crippen LogP contribution in [0.4, 0.5) is 11.4 Å². The highest BCUT2D eigenvalue weighted by Gasteiger charge is 2.20. The molecule has 4 heteroatoms. The number of anilines is 2. The molecule has 3 aromatic rings. The molecule has 32 heavy (non-hydrogen) atoms. The minimum Gasteiger partial charge on any atom is -0.369 e. The van der Waals surface area contributed by atoms with E-state index in [2.05, 4.69) is 71.4 Å². The smallest absolute Gasteiger partial charge is 0.225 e. The second-order valence-electron chi connectivity index (χ2n) is 8.55. The van der Waals surface area contributed by atoms with Crippen molar-refractivity contribution in [2.24, 2.45) is 0 Å². The Morgan fingerprint density at radius 2 is 1.47 bits per heavy atom. The molecular weight excluding hydrogens is 394 g/mol. The molecule has 0 bridgehead atoms. The van der Waals surface area contributed by atoms with Gasteiger partial charge in [-0.05, 0) is 48.4 Å². The first kappa shape index (κ1) is 22.1. The number of carbonyl (C=O) groups is 1. The molecule has 3 aromatic carbocycles. The van der Waals surface area contributed by atoms with Gasteiger partial charge in [0.2, 0.25) is 5.91 Å². The summed E-state index contributed by atoms with van der Waals surface area (Å²) in [7, 11) is 0. The van der Waals surface area contributed by atoms with Crippen LogP contribution < -0.4 is 10.2 Å². The highest BCUT2D eigenvalue weighted by molar-refractivity contribution is 5.92. The number of carbonyl (C=O) groups excluding carboxylic acids is 1. The minimum absolute atomic E-state index is 0.0341. The van der Waals surface area contributed by atoms with Crippen LogP contribution in [0.5, 0.6) is 0 Å². The molecule has 1 saturated heterocycles. The molecule has 1 aliphatic heterocycles. The standard InChI is InChI=1S/C28H33N3O/c1-3-30-16-18-31(19-17-30)25-14-15-27(22(2)20-25)29-28(32)21-26(23-10-6-4-7-11-23)24-12-8-5-9-13-24/h4-15,20,26H,3,16-19,21H2,1-2H3,(H,29,32). The summed E-state index contributed by atoms with van der Waals surface area (Å²) < 4.78 is 0. The number of aryl methyl sites for hydroxylation is 1. The first-order chi connectivity index (χ1) is 15.6. The van der Waals surface area contributed by atoms with E-state index in [-0.39, 0.29) is 11.8 Å². The van der Waals surface area contributed by atoms with Crippen LogP contribution >= 0.6 is 0 Å². The van der Waals surface area contributed by atoms with Gasteiger partial charge in [-0.25, -0.2) is 0 Å². The number of nitrogens with one attached hydrogen (secondary N) is 1. The number of hydrogen-bond acceptors (Lipinski definition) is 3. The summed E-state index contributed by atoms with van der Waals surface area (Å²) >= 11 is 0. The maximum Gasteiger partial charge on any atom is 0.225 e. The molecule has 166 valence electrons. The topological polar surface area (TPSA) is 35.6 Å². The van der Waals surface area contributed by atoms with E-state index >= 15 is 0 Å². The molecule has 1 N–H and O–H groups in total. The summed E-state index contributed by atoms with van der Waals surface area (Å²) in [6, 6.07) is 26.9. The fraction of sp³-hybridized carbons (Fsp3) is 0.321. The molecule has 1 fully saturated rings.